The molecule has 0 aromatic heterocycles. The molecule has 1 aliphatic carbocycles. The summed E-state index contributed by atoms with van der Waals surface area (Å²) in [5.74, 6) is -3.92. The highest BCUT2D eigenvalue weighted by Gasteiger charge is 2.42. The normalized spacial score (nSPS) is 20.2. The van der Waals surface area contributed by atoms with Gasteiger partial charge in [0.05, 0.1) is 12.5 Å². The molecule has 1 saturated carbocycles. The third-order valence-corrected chi connectivity index (χ3v) is 7.47. The van der Waals surface area contributed by atoms with Crippen LogP contribution in [-0.2, 0) is 40.2 Å². The van der Waals surface area contributed by atoms with E-state index in [0.717, 1.165) is 31.2 Å². The number of ether oxygens (including phenoxy) is 1. The average Bonchev–Trinajstić information content (AvgIpc) is 3.27. The zero-order valence-electron chi connectivity index (χ0n) is 24.2. The molecule has 0 unspecified atom stereocenters. The number of amides is 4. The van der Waals surface area contributed by atoms with Crippen molar-refractivity contribution >= 4 is 35.6 Å². The van der Waals surface area contributed by atoms with Gasteiger partial charge < -0.3 is 25.8 Å². The summed E-state index contributed by atoms with van der Waals surface area (Å²) in [7, 11) is 0. The minimum atomic E-state index is -1.44. The molecule has 2 aliphatic rings. The summed E-state index contributed by atoms with van der Waals surface area (Å²) in [6.45, 7) is 4.19. The molecule has 0 radical (unpaired) electrons. The number of rotatable bonds is 14. The summed E-state index contributed by atoms with van der Waals surface area (Å²) in [6, 6.07) is 5.24. The number of benzene rings is 1. The second-order valence-corrected chi connectivity index (χ2v) is 11.1. The van der Waals surface area contributed by atoms with Crippen LogP contribution in [0.5, 0.6) is 0 Å². The van der Waals surface area contributed by atoms with Crippen molar-refractivity contribution in [2.45, 2.75) is 90.1 Å². The highest BCUT2D eigenvalue weighted by Crippen LogP contribution is 2.36. The third-order valence-electron chi connectivity index (χ3n) is 7.47. The molecule has 0 spiro atoms. The standard InChI is InChI=1S/C29H40N4O9/c1-17(2)26(32-29(40)41-15-19-9-5-4-6-10-19)28(39)30-18(3)27(38)31-21(14-25(36)37)23(34)16-42-33-22-12-8-7-11-20(22)13-24(33)35/h4-6,9-10,17-18,20-22,26H,7-8,11-16H2,1-3H3,(H,30,39)(H,31,38)(H,32,40)(H,36,37)/t18-,20-,21-,22-,26-/m0/s1. The summed E-state index contributed by atoms with van der Waals surface area (Å²) in [6.07, 6.45) is 2.50. The molecule has 2 fully saturated rings. The quantitative estimate of drug-likeness (QED) is 0.251. The molecular formula is C29H40N4O9. The van der Waals surface area contributed by atoms with Gasteiger partial charge in [0, 0.05) is 6.42 Å². The largest absolute Gasteiger partial charge is 0.481 e. The number of carboxylic acid groups (broad SMARTS) is 1. The van der Waals surface area contributed by atoms with E-state index in [1.54, 1.807) is 38.1 Å². The molecular weight excluding hydrogens is 548 g/mol. The van der Waals surface area contributed by atoms with Crippen LogP contribution in [0.2, 0.25) is 0 Å². The van der Waals surface area contributed by atoms with Crippen molar-refractivity contribution in [1.29, 1.82) is 0 Å². The predicted octanol–water partition coefficient (Wildman–Crippen LogP) is 1.69. The Balaban J connectivity index is 1.52. The van der Waals surface area contributed by atoms with Gasteiger partial charge in [0.1, 0.15) is 31.3 Å². The van der Waals surface area contributed by atoms with Gasteiger partial charge in [0.15, 0.2) is 5.78 Å². The summed E-state index contributed by atoms with van der Waals surface area (Å²) in [5.41, 5.74) is 0.768. The maximum atomic E-state index is 12.9. The van der Waals surface area contributed by atoms with E-state index in [4.69, 9.17) is 9.57 Å². The van der Waals surface area contributed by atoms with E-state index in [0.29, 0.717) is 6.42 Å². The van der Waals surface area contributed by atoms with Crippen molar-refractivity contribution in [3.05, 3.63) is 35.9 Å². The predicted molar refractivity (Wildman–Crippen MR) is 148 cm³/mol. The second-order valence-electron chi connectivity index (χ2n) is 11.1. The Kier molecular flexibility index (Phi) is 11.8. The SMILES string of the molecule is CC(C)[C@H](NC(=O)OCc1ccccc1)C(=O)N[C@@H](C)C(=O)N[C@@H](CC(=O)O)C(=O)CON1C(=O)C[C@@H]2CCCC[C@@H]21. The number of hydroxylamine groups is 2. The van der Waals surface area contributed by atoms with Gasteiger partial charge in [-0.1, -0.05) is 57.0 Å². The maximum Gasteiger partial charge on any atom is 0.408 e. The summed E-state index contributed by atoms with van der Waals surface area (Å²) >= 11 is 0. The Labute approximate surface area is 244 Å². The van der Waals surface area contributed by atoms with Gasteiger partial charge in [-0.25, -0.2) is 9.86 Å². The Hall–Kier alpha value is -4.00. The van der Waals surface area contributed by atoms with E-state index in [9.17, 15) is 33.9 Å². The van der Waals surface area contributed by atoms with Crippen LogP contribution in [0.4, 0.5) is 4.79 Å². The number of hydrogen-bond donors (Lipinski definition) is 4. The van der Waals surface area contributed by atoms with Gasteiger partial charge in [-0.2, -0.15) is 0 Å². The Morgan fingerprint density at radius 1 is 0.976 bits per heavy atom. The topological polar surface area (TPSA) is 180 Å². The lowest BCUT2D eigenvalue weighted by Crippen LogP contribution is -2.56. The van der Waals surface area contributed by atoms with Crippen molar-refractivity contribution in [3.63, 3.8) is 0 Å². The first-order valence-corrected chi connectivity index (χ1v) is 14.2. The molecule has 4 N–H and O–H groups in total. The van der Waals surface area contributed by atoms with Gasteiger partial charge in [0.25, 0.3) is 0 Å². The number of carbonyl (C=O) groups excluding carboxylic acids is 5. The zero-order valence-corrected chi connectivity index (χ0v) is 24.2. The van der Waals surface area contributed by atoms with Crippen LogP contribution >= 0.6 is 0 Å². The number of alkyl carbamates (subject to hydrolysis) is 1. The smallest absolute Gasteiger partial charge is 0.408 e. The second kappa shape index (κ2) is 15.3. The Morgan fingerprint density at radius 2 is 1.67 bits per heavy atom. The molecule has 1 aromatic carbocycles. The van der Waals surface area contributed by atoms with Gasteiger partial charge in [-0.05, 0) is 37.2 Å². The molecule has 0 bridgehead atoms. The van der Waals surface area contributed by atoms with Crippen LogP contribution in [-0.4, -0.2) is 76.5 Å². The van der Waals surface area contributed by atoms with Crippen LogP contribution in [0, 0.1) is 11.8 Å². The molecule has 1 saturated heterocycles. The number of hydrogen-bond acceptors (Lipinski definition) is 8. The molecule has 1 heterocycles. The molecule has 13 nitrogen and oxygen atoms in total. The number of ketones is 1. The molecule has 1 aromatic rings. The lowest BCUT2D eigenvalue weighted by molar-refractivity contribution is -0.194. The fourth-order valence-corrected chi connectivity index (χ4v) is 5.15. The lowest BCUT2D eigenvalue weighted by atomic mass is 9.85. The summed E-state index contributed by atoms with van der Waals surface area (Å²) < 4.78 is 5.18. The molecule has 13 heteroatoms. The molecule has 230 valence electrons. The van der Waals surface area contributed by atoms with Crippen LogP contribution in [0.3, 0.4) is 0 Å². The number of nitrogens with one attached hydrogen (secondary N) is 3. The van der Waals surface area contributed by atoms with Crippen molar-refractivity contribution in [3.8, 4) is 0 Å². The van der Waals surface area contributed by atoms with E-state index >= 15 is 0 Å². The van der Waals surface area contributed by atoms with E-state index < -0.39 is 60.8 Å². The number of nitrogens with zero attached hydrogens (tertiary/aromatic N) is 1. The van der Waals surface area contributed by atoms with Gasteiger partial charge in [-0.3, -0.25) is 28.8 Å². The van der Waals surface area contributed by atoms with Crippen molar-refractivity contribution in [1.82, 2.24) is 21.0 Å². The van der Waals surface area contributed by atoms with E-state index in [2.05, 4.69) is 16.0 Å². The number of fused-ring (bicyclic) bond motifs is 1. The van der Waals surface area contributed by atoms with Crippen molar-refractivity contribution in [2.24, 2.45) is 11.8 Å². The number of carboxylic acids is 1. The number of carbonyl (C=O) groups is 6. The molecule has 4 amide bonds. The van der Waals surface area contributed by atoms with Crippen LogP contribution in [0.1, 0.15) is 64.9 Å². The van der Waals surface area contributed by atoms with E-state index in [1.807, 2.05) is 6.07 Å². The number of Topliss-reactive ketones (excluding diaryl/α,β-unsaturated/α-hetero) is 1. The first kappa shape index (κ1) is 32.5. The average molecular weight is 589 g/mol. The first-order chi connectivity index (χ1) is 20.0. The first-order valence-electron chi connectivity index (χ1n) is 14.2. The Bertz CT molecular complexity index is 1140. The van der Waals surface area contributed by atoms with Gasteiger partial charge in [-0.15, -0.1) is 0 Å². The van der Waals surface area contributed by atoms with Crippen molar-refractivity contribution in [2.75, 3.05) is 6.61 Å². The van der Waals surface area contributed by atoms with Gasteiger partial charge in [0.2, 0.25) is 17.7 Å². The molecule has 5 atom stereocenters. The van der Waals surface area contributed by atoms with Crippen LogP contribution in [0.15, 0.2) is 30.3 Å². The van der Waals surface area contributed by atoms with Gasteiger partial charge >= 0.3 is 12.1 Å². The molecule has 1 aliphatic heterocycles. The minimum Gasteiger partial charge on any atom is -0.481 e. The molecule has 3 rings (SSSR count). The summed E-state index contributed by atoms with van der Waals surface area (Å²) in [5, 5.41) is 17.9. The third kappa shape index (κ3) is 9.26. The fourth-order valence-electron chi connectivity index (χ4n) is 5.15. The van der Waals surface area contributed by atoms with Crippen LogP contribution < -0.4 is 16.0 Å². The van der Waals surface area contributed by atoms with E-state index in [-0.39, 0.29) is 30.4 Å². The highest BCUT2D eigenvalue weighted by atomic mass is 16.7. The monoisotopic (exact) mass is 588 g/mol. The van der Waals surface area contributed by atoms with Crippen LogP contribution in [0.25, 0.3) is 0 Å². The van der Waals surface area contributed by atoms with Crippen molar-refractivity contribution < 1.29 is 43.4 Å². The Morgan fingerprint density at radius 3 is 2.33 bits per heavy atom. The fraction of sp³-hybridized carbons (Fsp3) is 0.586. The minimum absolute atomic E-state index is 0.00772. The summed E-state index contributed by atoms with van der Waals surface area (Å²) in [4.78, 5) is 80.3. The van der Waals surface area contributed by atoms with E-state index in [1.165, 1.54) is 12.0 Å². The number of aliphatic carboxylic acids is 1. The highest BCUT2D eigenvalue weighted by molar-refractivity contribution is 5.96. The molecule has 42 heavy (non-hydrogen) atoms. The zero-order chi connectivity index (χ0) is 30.8. The maximum absolute atomic E-state index is 12.9. The lowest BCUT2D eigenvalue weighted by Gasteiger charge is -2.30.